The third kappa shape index (κ3) is 2.05. The van der Waals surface area contributed by atoms with E-state index < -0.39 is 11.6 Å². The number of ketones is 4. The first-order chi connectivity index (χ1) is 12.4. The molecule has 0 aromatic heterocycles. The predicted molar refractivity (Wildman–Crippen MR) is 96.3 cm³/mol. The van der Waals surface area contributed by atoms with Gasteiger partial charge in [0.2, 0.25) is 0 Å². The second-order valence-corrected chi connectivity index (χ2v) is 6.03. The molecule has 0 radical (unpaired) electrons. The standard InChI is InChI=1S/C20H12N2O4/c21-11-3-1-9(17-13(23)5-7-15(25)19(11)17)10-2-4-12(22)20-16(26)8-6-14(24)18(10)20/h1-8H,21-22H2. The highest BCUT2D eigenvalue weighted by atomic mass is 16.1. The van der Waals surface area contributed by atoms with Crippen molar-refractivity contribution in [3.8, 4) is 11.1 Å². The van der Waals surface area contributed by atoms with Crippen LogP contribution >= 0.6 is 0 Å². The second kappa shape index (κ2) is 5.35. The van der Waals surface area contributed by atoms with Crippen molar-refractivity contribution in [2.24, 2.45) is 0 Å². The van der Waals surface area contributed by atoms with E-state index in [1.54, 1.807) is 12.1 Å². The molecule has 0 aliphatic heterocycles. The van der Waals surface area contributed by atoms with Crippen molar-refractivity contribution in [1.29, 1.82) is 0 Å². The molecule has 0 heterocycles. The number of anilines is 2. The van der Waals surface area contributed by atoms with Crippen LogP contribution in [0, 0.1) is 0 Å². The van der Waals surface area contributed by atoms with Gasteiger partial charge in [0.15, 0.2) is 23.1 Å². The Bertz CT molecular complexity index is 1030. The highest BCUT2D eigenvalue weighted by molar-refractivity contribution is 6.29. The van der Waals surface area contributed by atoms with Crippen molar-refractivity contribution < 1.29 is 19.2 Å². The van der Waals surface area contributed by atoms with Crippen molar-refractivity contribution in [2.45, 2.75) is 0 Å². The van der Waals surface area contributed by atoms with Gasteiger partial charge in [0.05, 0.1) is 11.1 Å². The quantitative estimate of drug-likeness (QED) is 0.766. The van der Waals surface area contributed by atoms with Gasteiger partial charge in [0.1, 0.15) is 0 Å². The first-order valence-electron chi connectivity index (χ1n) is 7.79. The number of hydrogen-bond acceptors (Lipinski definition) is 6. The van der Waals surface area contributed by atoms with E-state index in [9.17, 15) is 19.2 Å². The fourth-order valence-electron chi connectivity index (χ4n) is 3.37. The molecule has 0 fully saturated rings. The third-order valence-electron chi connectivity index (χ3n) is 4.52. The Morgan fingerprint density at radius 3 is 1.12 bits per heavy atom. The SMILES string of the molecule is Nc1ccc(-c2ccc(N)c3c2C(=O)C=CC3=O)c2c1C(=O)C=CC2=O. The fourth-order valence-corrected chi connectivity index (χ4v) is 3.37. The topological polar surface area (TPSA) is 120 Å². The summed E-state index contributed by atoms with van der Waals surface area (Å²) >= 11 is 0. The normalized spacial score (nSPS) is 15.2. The minimum Gasteiger partial charge on any atom is -0.398 e. The van der Waals surface area contributed by atoms with Gasteiger partial charge >= 0.3 is 0 Å². The molecule has 2 aliphatic rings. The van der Waals surface area contributed by atoms with Gasteiger partial charge < -0.3 is 11.5 Å². The van der Waals surface area contributed by atoms with Crippen LogP contribution in [0.15, 0.2) is 48.6 Å². The van der Waals surface area contributed by atoms with Crippen LogP contribution in [0.1, 0.15) is 41.4 Å². The van der Waals surface area contributed by atoms with Crippen LogP contribution in [0.25, 0.3) is 11.1 Å². The summed E-state index contributed by atoms with van der Waals surface area (Å²) in [6.45, 7) is 0. The summed E-state index contributed by atoms with van der Waals surface area (Å²) in [5, 5.41) is 0. The summed E-state index contributed by atoms with van der Waals surface area (Å²) in [7, 11) is 0. The fraction of sp³-hybridized carbons (Fsp3) is 0. The lowest BCUT2D eigenvalue weighted by Crippen LogP contribution is -2.18. The molecular weight excluding hydrogens is 332 g/mol. The summed E-state index contributed by atoms with van der Waals surface area (Å²) in [6, 6.07) is 6.15. The number of allylic oxidation sites excluding steroid dienone is 4. The average molecular weight is 344 g/mol. The van der Waals surface area contributed by atoms with Crippen molar-refractivity contribution >= 4 is 34.5 Å². The Labute approximate surface area is 147 Å². The van der Waals surface area contributed by atoms with Crippen molar-refractivity contribution in [3.05, 3.63) is 70.8 Å². The van der Waals surface area contributed by atoms with Crippen LogP contribution in [-0.4, -0.2) is 23.1 Å². The number of carbonyl (C=O) groups is 4. The lowest BCUT2D eigenvalue weighted by molar-refractivity contribution is 0.0993. The monoisotopic (exact) mass is 344 g/mol. The lowest BCUT2D eigenvalue weighted by Gasteiger charge is -2.20. The zero-order valence-corrected chi connectivity index (χ0v) is 13.4. The van der Waals surface area contributed by atoms with Crippen molar-refractivity contribution in [3.63, 3.8) is 0 Å². The van der Waals surface area contributed by atoms with E-state index >= 15 is 0 Å². The number of hydrogen-bond donors (Lipinski definition) is 2. The molecule has 2 aromatic rings. The zero-order chi connectivity index (χ0) is 18.6. The molecule has 0 saturated carbocycles. The van der Waals surface area contributed by atoms with Crippen LogP contribution in [0.5, 0.6) is 0 Å². The van der Waals surface area contributed by atoms with Gasteiger partial charge in [-0.15, -0.1) is 0 Å². The van der Waals surface area contributed by atoms with Crippen LogP contribution in [-0.2, 0) is 0 Å². The van der Waals surface area contributed by atoms with E-state index in [1.807, 2.05) is 0 Å². The predicted octanol–water partition coefficient (Wildman–Crippen LogP) is 2.39. The lowest BCUT2D eigenvalue weighted by atomic mass is 9.81. The summed E-state index contributed by atoms with van der Waals surface area (Å²) < 4.78 is 0. The Morgan fingerprint density at radius 2 is 0.769 bits per heavy atom. The smallest absolute Gasteiger partial charge is 0.188 e. The maximum atomic E-state index is 12.5. The van der Waals surface area contributed by atoms with Crippen LogP contribution in [0.2, 0.25) is 0 Å². The molecule has 6 heteroatoms. The second-order valence-electron chi connectivity index (χ2n) is 6.03. The average Bonchev–Trinajstić information content (AvgIpc) is 2.62. The molecule has 26 heavy (non-hydrogen) atoms. The number of nitrogens with two attached hydrogens (primary N) is 2. The van der Waals surface area contributed by atoms with E-state index in [1.165, 1.54) is 36.4 Å². The first kappa shape index (κ1) is 15.7. The van der Waals surface area contributed by atoms with Crippen molar-refractivity contribution in [1.82, 2.24) is 0 Å². The summed E-state index contributed by atoms with van der Waals surface area (Å²) in [4.78, 5) is 49.4. The maximum Gasteiger partial charge on any atom is 0.188 e. The number of benzene rings is 2. The molecule has 2 aliphatic carbocycles. The molecule has 0 amide bonds. The van der Waals surface area contributed by atoms with Gasteiger partial charge in [0.25, 0.3) is 0 Å². The van der Waals surface area contributed by atoms with Gasteiger partial charge in [-0.1, -0.05) is 12.1 Å². The highest BCUT2D eigenvalue weighted by Gasteiger charge is 2.30. The molecule has 4 rings (SSSR count). The van der Waals surface area contributed by atoms with Gasteiger partial charge in [0, 0.05) is 22.5 Å². The van der Waals surface area contributed by atoms with Gasteiger partial charge in [-0.3, -0.25) is 19.2 Å². The Kier molecular flexibility index (Phi) is 3.23. The van der Waals surface area contributed by atoms with E-state index in [0.29, 0.717) is 11.1 Å². The Balaban J connectivity index is 2.10. The van der Waals surface area contributed by atoms with Gasteiger partial charge in [-0.25, -0.2) is 0 Å². The van der Waals surface area contributed by atoms with Crippen LogP contribution in [0.3, 0.4) is 0 Å². The van der Waals surface area contributed by atoms with Crippen LogP contribution < -0.4 is 11.5 Å². The molecule has 6 nitrogen and oxygen atoms in total. The summed E-state index contributed by atoms with van der Waals surface area (Å²) in [5.41, 5.74) is 13.3. The maximum absolute atomic E-state index is 12.5. The zero-order valence-electron chi connectivity index (χ0n) is 13.4. The van der Waals surface area contributed by atoms with E-state index in [0.717, 1.165) is 0 Å². The van der Waals surface area contributed by atoms with E-state index in [4.69, 9.17) is 11.5 Å². The highest BCUT2D eigenvalue weighted by Crippen LogP contribution is 2.38. The van der Waals surface area contributed by atoms with Gasteiger partial charge in [-0.2, -0.15) is 0 Å². The molecule has 126 valence electrons. The molecule has 0 unspecified atom stereocenters. The van der Waals surface area contributed by atoms with E-state index in [2.05, 4.69) is 0 Å². The Hall–Kier alpha value is -3.80. The third-order valence-corrected chi connectivity index (χ3v) is 4.52. The molecule has 0 spiro atoms. The Morgan fingerprint density at radius 1 is 0.462 bits per heavy atom. The molecule has 2 aromatic carbocycles. The molecule has 0 atom stereocenters. The minimum absolute atomic E-state index is 0.103. The molecule has 4 N–H and O–H groups in total. The molecular formula is C20H12N2O4. The van der Waals surface area contributed by atoms with E-state index in [-0.39, 0.29) is 45.2 Å². The summed E-state index contributed by atoms with van der Waals surface area (Å²) in [6.07, 6.45) is 4.68. The van der Waals surface area contributed by atoms with Gasteiger partial charge in [-0.05, 0) is 47.6 Å². The number of rotatable bonds is 1. The first-order valence-corrected chi connectivity index (χ1v) is 7.79. The molecule has 0 saturated heterocycles. The molecule has 0 bridgehead atoms. The van der Waals surface area contributed by atoms with Crippen molar-refractivity contribution in [2.75, 3.05) is 11.5 Å². The largest absolute Gasteiger partial charge is 0.398 e. The summed E-state index contributed by atoms with van der Waals surface area (Å²) in [5.74, 6) is -1.55. The van der Waals surface area contributed by atoms with Crippen LogP contribution in [0.4, 0.5) is 11.4 Å². The number of fused-ring (bicyclic) bond motifs is 2. The minimum atomic E-state index is -0.391. The number of nitrogen functional groups attached to an aromatic ring is 2. The number of carbonyl (C=O) groups excluding carboxylic acids is 4.